The molecular formula is C60H41GeN3. The number of anilines is 6. The van der Waals surface area contributed by atoms with E-state index in [0.717, 1.165) is 16.8 Å². The average Bonchev–Trinajstić information content (AvgIpc) is 3.38. The first kappa shape index (κ1) is 36.9. The van der Waals surface area contributed by atoms with Crippen LogP contribution in [0.2, 0.25) is 0 Å². The van der Waals surface area contributed by atoms with Crippen LogP contribution in [-0.4, -0.2) is 18.3 Å². The monoisotopic (exact) mass is 877 g/mol. The van der Waals surface area contributed by atoms with Gasteiger partial charge in [-0.25, -0.2) is 0 Å². The Morgan fingerprint density at radius 2 is 0.688 bits per heavy atom. The van der Waals surface area contributed by atoms with Gasteiger partial charge in [0.15, 0.2) is 0 Å². The third kappa shape index (κ3) is 5.07. The number of pyridine rings is 1. The van der Waals surface area contributed by atoms with Crippen LogP contribution < -0.4 is 27.4 Å². The van der Waals surface area contributed by atoms with Crippen molar-refractivity contribution in [3.8, 4) is 22.3 Å². The van der Waals surface area contributed by atoms with Crippen LogP contribution in [0, 0.1) is 0 Å². The topological polar surface area (TPSA) is 19.4 Å². The number of nitrogens with zero attached hydrogens (tertiary/aromatic N) is 3. The molecule has 9 aromatic carbocycles. The van der Waals surface area contributed by atoms with Crippen LogP contribution in [0.3, 0.4) is 0 Å². The van der Waals surface area contributed by atoms with Crippen molar-refractivity contribution in [1.29, 1.82) is 0 Å². The van der Waals surface area contributed by atoms with Gasteiger partial charge in [-0.15, -0.1) is 0 Å². The molecule has 0 amide bonds. The molecule has 0 radical (unpaired) electrons. The summed E-state index contributed by atoms with van der Waals surface area (Å²) in [6.45, 7) is 0. The van der Waals surface area contributed by atoms with Gasteiger partial charge in [-0.05, 0) is 0 Å². The van der Waals surface area contributed by atoms with E-state index in [1.807, 2.05) is 12.4 Å². The number of aromatic nitrogens is 1. The molecule has 4 heterocycles. The molecule has 3 aliphatic rings. The molecule has 0 N–H and O–H groups in total. The number of para-hydroxylation sites is 5. The van der Waals surface area contributed by atoms with E-state index in [1.54, 1.807) is 0 Å². The minimum absolute atomic E-state index is 0.612. The third-order valence-electron chi connectivity index (χ3n) is 14.0. The fraction of sp³-hybridized carbons (Fsp3) is 0.0167. The zero-order valence-corrected chi connectivity index (χ0v) is 37.1. The van der Waals surface area contributed by atoms with E-state index in [0.29, 0.717) is 0 Å². The normalized spacial score (nSPS) is 14.4. The van der Waals surface area contributed by atoms with Crippen molar-refractivity contribution < 1.29 is 0 Å². The van der Waals surface area contributed by atoms with Gasteiger partial charge >= 0.3 is 368 Å². The molecule has 300 valence electrons. The molecule has 3 nitrogen and oxygen atoms in total. The van der Waals surface area contributed by atoms with E-state index in [1.165, 1.54) is 79.4 Å². The molecule has 0 saturated heterocycles. The summed E-state index contributed by atoms with van der Waals surface area (Å²) in [7, 11) is 0. The standard InChI is InChI=1S/C60H41GeN3/c1-3-19-42(20-4-1)44-39-45(43-35-37-62-38-36-43)41-47(40-44)64-56-31-15-9-25-50(56)60(51-26-10-16-32-57(51)64)48-23-7-11-27-52(48)61(53-28-12-8-24-49(53)60)54-29-13-17-33-58(54)63(46-21-5-2-6-22-46)59-34-18-14-30-55(59)61/h1-41H. The van der Waals surface area contributed by atoms with Gasteiger partial charge < -0.3 is 0 Å². The molecule has 0 atom stereocenters. The molecule has 0 aliphatic carbocycles. The summed E-state index contributed by atoms with van der Waals surface area (Å²) in [5, 5.41) is 0. The Morgan fingerprint density at radius 3 is 1.22 bits per heavy atom. The summed E-state index contributed by atoms with van der Waals surface area (Å²) in [5.74, 6) is 0. The zero-order valence-electron chi connectivity index (χ0n) is 35.0. The van der Waals surface area contributed by atoms with E-state index in [9.17, 15) is 0 Å². The molecule has 0 unspecified atom stereocenters. The van der Waals surface area contributed by atoms with Crippen LogP contribution in [0.25, 0.3) is 22.3 Å². The molecule has 13 rings (SSSR count). The van der Waals surface area contributed by atoms with Crippen molar-refractivity contribution in [2.45, 2.75) is 5.41 Å². The molecule has 0 fully saturated rings. The quantitative estimate of drug-likeness (QED) is 0.164. The Bertz CT molecular complexity index is 3220. The first-order valence-electron chi connectivity index (χ1n) is 22.1. The predicted octanol–water partition coefficient (Wildman–Crippen LogP) is 12.1. The Balaban J connectivity index is 1.12. The number of rotatable bonds is 4. The Hall–Kier alpha value is -7.73. The van der Waals surface area contributed by atoms with Crippen LogP contribution in [0.4, 0.5) is 34.1 Å². The van der Waals surface area contributed by atoms with Gasteiger partial charge in [0.1, 0.15) is 0 Å². The second-order valence-electron chi connectivity index (χ2n) is 17.0. The minimum atomic E-state index is -3.85. The van der Waals surface area contributed by atoms with Crippen molar-refractivity contribution in [2.24, 2.45) is 0 Å². The first-order chi connectivity index (χ1) is 31.8. The van der Waals surface area contributed by atoms with E-state index >= 15 is 0 Å². The molecule has 3 aliphatic heterocycles. The summed E-state index contributed by atoms with van der Waals surface area (Å²) in [6, 6.07) is 89.0. The summed E-state index contributed by atoms with van der Waals surface area (Å²) in [6.07, 6.45) is 3.77. The van der Waals surface area contributed by atoms with Gasteiger partial charge in [-0.2, -0.15) is 0 Å². The maximum absolute atomic E-state index is 4.37. The summed E-state index contributed by atoms with van der Waals surface area (Å²) in [5.41, 5.74) is 16.5. The van der Waals surface area contributed by atoms with Crippen LogP contribution >= 0.6 is 0 Å². The molecule has 0 saturated carbocycles. The van der Waals surface area contributed by atoms with Crippen LogP contribution in [0.15, 0.2) is 249 Å². The van der Waals surface area contributed by atoms with Crippen molar-refractivity contribution in [3.05, 3.63) is 271 Å². The van der Waals surface area contributed by atoms with Gasteiger partial charge in [-0.1, -0.05) is 6.07 Å². The Kier molecular flexibility index (Phi) is 8.31. The van der Waals surface area contributed by atoms with Crippen LogP contribution in [-0.2, 0) is 5.41 Å². The summed E-state index contributed by atoms with van der Waals surface area (Å²) < 4.78 is 5.89. The summed E-state index contributed by atoms with van der Waals surface area (Å²) in [4.78, 5) is 9.40. The fourth-order valence-corrected chi connectivity index (χ4v) is 23.4. The average molecular weight is 877 g/mol. The number of fused-ring (bicyclic) bond motifs is 14. The summed E-state index contributed by atoms with van der Waals surface area (Å²) >= 11 is -3.85. The Labute approximate surface area is 376 Å². The molecule has 4 heteroatoms. The van der Waals surface area contributed by atoms with Crippen molar-refractivity contribution in [3.63, 3.8) is 0 Å². The van der Waals surface area contributed by atoms with Gasteiger partial charge in [0.05, 0.1) is 0 Å². The number of hydrogen-bond acceptors (Lipinski definition) is 3. The molecular weight excluding hydrogens is 835 g/mol. The second kappa shape index (κ2) is 14.4. The SMILES string of the molecule is c1ccc(-c2cc(-c3ccncc3)cc(N3c4ccccc4C4(c5ccccc53)c3cccc[c]3[Ge]3([c]5ccccc5N(c5ccccc5)c5cccc[c]53)[c]3ccccc34)c2)cc1. The van der Waals surface area contributed by atoms with Gasteiger partial charge in [-0.3, -0.25) is 4.98 Å². The molecule has 2 spiro atoms. The van der Waals surface area contributed by atoms with Crippen LogP contribution in [0.1, 0.15) is 22.3 Å². The maximum atomic E-state index is 4.37. The zero-order chi connectivity index (χ0) is 42.2. The van der Waals surface area contributed by atoms with Gasteiger partial charge in [0, 0.05) is 0 Å². The second-order valence-corrected chi connectivity index (χ2v) is 24.7. The number of hydrogen-bond donors (Lipinski definition) is 0. The van der Waals surface area contributed by atoms with Crippen molar-refractivity contribution >= 4 is 65.0 Å². The third-order valence-corrected chi connectivity index (χ3v) is 24.4. The molecule has 1 aromatic heterocycles. The van der Waals surface area contributed by atoms with E-state index in [4.69, 9.17) is 0 Å². The fourth-order valence-electron chi connectivity index (χ4n) is 11.6. The molecule has 10 aromatic rings. The van der Waals surface area contributed by atoms with E-state index < -0.39 is 18.7 Å². The van der Waals surface area contributed by atoms with Crippen molar-refractivity contribution in [1.82, 2.24) is 4.98 Å². The van der Waals surface area contributed by atoms with Gasteiger partial charge in [0.25, 0.3) is 0 Å². The van der Waals surface area contributed by atoms with Gasteiger partial charge in [0.2, 0.25) is 0 Å². The first-order valence-corrected chi connectivity index (χ1v) is 26.3. The number of benzene rings is 9. The molecule has 0 bridgehead atoms. The predicted molar refractivity (Wildman–Crippen MR) is 267 cm³/mol. The van der Waals surface area contributed by atoms with E-state index in [2.05, 4.69) is 251 Å². The Morgan fingerprint density at radius 1 is 0.297 bits per heavy atom. The van der Waals surface area contributed by atoms with E-state index in [-0.39, 0.29) is 0 Å². The van der Waals surface area contributed by atoms with Crippen molar-refractivity contribution in [2.75, 3.05) is 9.80 Å². The molecule has 64 heavy (non-hydrogen) atoms. The van der Waals surface area contributed by atoms with Crippen LogP contribution in [0.5, 0.6) is 0 Å².